The summed E-state index contributed by atoms with van der Waals surface area (Å²) in [6.07, 6.45) is 14.0. The fourth-order valence-corrected chi connectivity index (χ4v) is 5.22. The molecule has 1 aromatic heterocycles. The molecule has 0 radical (unpaired) electrons. The van der Waals surface area contributed by atoms with Gasteiger partial charge in [0, 0.05) is 11.5 Å². The van der Waals surface area contributed by atoms with Crippen LogP contribution >= 0.6 is 0 Å². The van der Waals surface area contributed by atoms with E-state index in [1.807, 2.05) is 6.20 Å². The van der Waals surface area contributed by atoms with Gasteiger partial charge in [-0.15, -0.1) is 0 Å². The number of hydrogen-bond acceptors (Lipinski definition) is 1. The Kier molecular flexibility index (Phi) is 4.21. The Morgan fingerprint density at radius 2 is 1.67 bits per heavy atom. The largest absolute Gasteiger partial charge is 0.414 e. The van der Waals surface area contributed by atoms with Crippen LogP contribution in [0.4, 0.5) is 0 Å². The van der Waals surface area contributed by atoms with Crippen molar-refractivity contribution in [3.8, 4) is 0 Å². The highest BCUT2D eigenvalue weighted by Crippen LogP contribution is 2.38. The molecule has 3 rings (SSSR count). The maximum absolute atomic E-state index is 6.46. The van der Waals surface area contributed by atoms with E-state index in [9.17, 15) is 0 Å². The van der Waals surface area contributed by atoms with Crippen LogP contribution in [0.15, 0.2) is 18.3 Å². The molecule has 18 heavy (non-hydrogen) atoms. The van der Waals surface area contributed by atoms with E-state index < -0.39 is 9.76 Å². The van der Waals surface area contributed by atoms with Crippen molar-refractivity contribution in [3.63, 3.8) is 0 Å². The van der Waals surface area contributed by atoms with E-state index in [4.69, 9.17) is 4.43 Å². The smallest absolute Gasteiger partial charge is 0.209 e. The van der Waals surface area contributed by atoms with E-state index in [-0.39, 0.29) is 0 Å². The van der Waals surface area contributed by atoms with Crippen molar-refractivity contribution in [2.24, 2.45) is 11.8 Å². The fraction of sp³-hybridized carbons (Fsp3) is 0.733. The number of nitrogens with one attached hydrogen (secondary N) is 1. The van der Waals surface area contributed by atoms with Crippen molar-refractivity contribution < 1.29 is 4.43 Å². The Bertz CT molecular complexity index is 323. The van der Waals surface area contributed by atoms with Crippen molar-refractivity contribution in [2.45, 2.75) is 57.5 Å². The van der Waals surface area contributed by atoms with Gasteiger partial charge in [0.05, 0.1) is 6.10 Å². The van der Waals surface area contributed by atoms with E-state index in [2.05, 4.69) is 17.1 Å². The molecular formula is C15H25NOSi. The second-order valence-corrected chi connectivity index (χ2v) is 7.44. The van der Waals surface area contributed by atoms with Crippen LogP contribution in [0, 0.1) is 11.8 Å². The minimum Gasteiger partial charge on any atom is -0.414 e. The van der Waals surface area contributed by atoms with Crippen LogP contribution in [0.25, 0.3) is 0 Å². The lowest BCUT2D eigenvalue weighted by molar-refractivity contribution is 0.0850. The van der Waals surface area contributed by atoms with Crippen molar-refractivity contribution in [1.29, 1.82) is 0 Å². The van der Waals surface area contributed by atoms with Crippen LogP contribution in [-0.2, 0) is 4.43 Å². The average Bonchev–Trinajstić information content (AvgIpc) is 3.14. The van der Waals surface area contributed by atoms with Gasteiger partial charge < -0.3 is 9.41 Å². The van der Waals surface area contributed by atoms with Crippen molar-refractivity contribution >= 4 is 15.1 Å². The van der Waals surface area contributed by atoms with Gasteiger partial charge in [-0.2, -0.15) is 0 Å². The van der Waals surface area contributed by atoms with Crippen molar-refractivity contribution in [1.82, 2.24) is 4.98 Å². The molecule has 0 amide bonds. The summed E-state index contributed by atoms with van der Waals surface area (Å²) in [5.74, 6) is 1.74. The summed E-state index contributed by atoms with van der Waals surface area (Å²) < 4.78 is 6.46. The SMILES string of the molecule is c1c[nH]c([SiH2]OC(C2CCCC2)C2CCCC2)c1. The molecule has 0 atom stereocenters. The zero-order valence-electron chi connectivity index (χ0n) is 11.2. The molecule has 1 heterocycles. The molecular weight excluding hydrogens is 238 g/mol. The Morgan fingerprint density at radius 3 is 2.17 bits per heavy atom. The molecule has 0 aromatic carbocycles. The highest BCUT2D eigenvalue weighted by molar-refractivity contribution is 6.45. The van der Waals surface area contributed by atoms with Gasteiger partial charge in [-0.3, -0.25) is 0 Å². The molecule has 100 valence electrons. The topological polar surface area (TPSA) is 25.0 Å². The summed E-state index contributed by atoms with van der Waals surface area (Å²) in [5.41, 5.74) is 0. The maximum atomic E-state index is 6.46. The highest BCUT2D eigenvalue weighted by Gasteiger charge is 2.33. The first kappa shape index (κ1) is 12.5. The quantitative estimate of drug-likeness (QED) is 0.811. The first-order chi connectivity index (χ1) is 8.93. The summed E-state index contributed by atoms with van der Waals surface area (Å²) in [4.78, 5) is 3.31. The van der Waals surface area contributed by atoms with Crippen molar-refractivity contribution in [3.05, 3.63) is 18.3 Å². The molecule has 1 N–H and O–H groups in total. The Balaban J connectivity index is 1.60. The van der Waals surface area contributed by atoms with E-state index in [1.165, 1.54) is 56.7 Å². The standard InChI is InChI=1S/C15H25NOSi/c1-2-7-12(6-1)15(13-8-3-4-9-13)17-18-14-10-5-11-16-14/h5,10-13,15-16H,1-4,6-9,18H2. The van der Waals surface area contributed by atoms with E-state index in [0.717, 1.165) is 11.8 Å². The van der Waals surface area contributed by atoms with Crippen LogP contribution in [0.1, 0.15) is 51.4 Å². The minimum absolute atomic E-state index is 0.540. The summed E-state index contributed by atoms with van der Waals surface area (Å²) in [6, 6.07) is 4.28. The van der Waals surface area contributed by atoms with Crippen LogP contribution < -0.4 is 5.32 Å². The van der Waals surface area contributed by atoms with Gasteiger partial charge in [-0.05, 0) is 49.7 Å². The molecule has 2 saturated carbocycles. The lowest BCUT2D eigenvalue weighted by atomic mass is 9.89. The number of hydrogen-bond donors (Lipinski definition) is 1. The number of aromatic amines is 1. The Hall–Kier alpha value is -0.543. The fourth-order valence-electron chi connectivity index (χ4n) is 3.87. The van der Waals surface area contributed by atoms with E-state index in [1.54, 1.807) is 0 Å². The number of aromatic nitrogens is 1. The summed E-state index contributed by atoms with van der Waals surface area (Å²) in [7, 11) is -0.540. The van der Waals surface area contributed by atoms with Gasteiger partial charge in [0.2, 0.25) is 9.76 Å². The second-order valence-electron chi connectivity index (χ2n) is 6.06. The highest BCUT2D eigenvalue weighted by atomic mass is 28.2. The molecule has 0 spiro atoms. The van der Waals surface area contributed by atoms with Gasteiger partial charge in [-0.1, -0.05) is 25.7 Å². The normalized spacial score (nSPS) is 22.9. The monoisotopic (exact) mass is 263 g/mol. The lowest BCUT2D eigenvalue weighted by Gasteiger charge is -2.29. The van der Waals surface area contributed by atoms with Crippen LogP contribution in [0.3, 0.4) is 0 Å². The van der Waals surface area contributed by atoms with E-state index >= 15 is 0 Å². The van der Waals surface area contributed by atoms with Gasteiger partial charge in [0.15, 0.2) is 0 Å². The average molecular weight is 263 g/mol. The summed E-state index contributed by atoms with van der Waals surface area (Å²) in [6.45, 7) is 0. The predicted octanol–water partition coefficient (Wildman–Crippen LogP) is 2.49. The van der Waals surface area contributed by atoms with Gasteiger partial charge in [0.1, 0.15) is 0 Å². The first-order valence-electron chi connectivity index (χ1n) is 7.67. The third kappa shape index (κ3) is 2.89. The van der Waals surface area contributed by atoms with Crippen LogP contribution in [0.5, 0.6) is 0 Å². The molecule has 1 aromatic rings. The maximum Gasteiger partial charge on any atom is 0.209 e. The predicted molar refractivity (Wildman–Crippen MR) is 77.8 cm³/mol. The lowest BCUT2D eigenvalue weighted by Crippen LogP contribution is -2.34. The molecule has 0 unspecified atom stereocenters. The molecule has 2 aliphatic carbocycles. The zero-order valence-corrected chi connectivity index (χ0v) is 12.7. The van der Waals surface area contributed by atoms with Crippen LogP contribution in [-0.4, -0.2) is 20.9 Å². The first-order valence-corrected chi connectivity index (χ1v) is 8.96. The van der Waals surface area contributed by atoms with Crippen molar-refractivity contribution in [2.75, 3.05) is 0 Å². The van der Waals surface area contributed by atoms with Gasteiger partial charge in [-0.25, -0.2) is 0 Å². The Labute approximate surface area is 112 Å². The summed E-state index contributed by atoms with van der Waals surface area (Å²) >= 11 is 0. The van der Waals surface area contributed by atoms with Gasteiger partial charge in [0.25, 0.3) is 0 Å². The third-order valence-corrected chi connectivity index (χ3v) is 6.12. The number of rotatable bonds is 5. The summed E-state index contributed by atoms with van der Waals surface area (Å²) in [5, 5.41) is 1.36. The molecule has 2 nitrogen and oxygen atoms in total. The number of H-pyrrole nitrogens is 1. The second kappa shape index (κ2) is 6.07. The molecule has 0 saturated heterocycles. The van der Waals surface area contributed by atoms with Gasteiger partial charge >= 0.3 is 0 Å². The molecule has 0 bridgehead atoms. The zero-order chi connectivity index (χ0) is 12.2. The third-order valence-electron chi connectivity index (χ3n) is 4.82. The molecule has 2 fully saturated rings. The van der Waals surface area contributed by atoms with E-state index in [0.29, 0.717) is 6.10 Å². The molecule has 0 aliphatic heterocycles. The minimum atomic E-state index is -0.540. The van der Waals surface area contributed by atoms with Crippen LogP contribution in [0.2, 0.25) is 0 Å². The molecule has 2 aliphatic rings. The molecule has 3 heteroatoms. The Morgan fingerprint density at radius 1 is 1.06 bits per heavy atom.